The lowest BCUT2D eigenvalue weighted by Gasteiger charge is -2.33. The Kier molecular flexibility index (Phi) is 6.21. The maximum absolute atomic E-state index is 13.9. The van der Waals surface area contributed by atoms with Crippen molar-refractivity contribution < 1.29 is 23.8 Å². The first kappa shape index (κ1) is 19.2. The zero-order valence-corrected chi connectivity index (χ0v) is 14.8. The number of aliphatic hydroxyl groups excluding tert-OH is 2. The van der Waals surface area contributed by atoms with Gasteiger partial charge in [-0.3, -0.25) is 4.79 Å². The Morgan fingerprint density at radius 3 is 2.42 bits per heavy atom. The fraction of sp³-hybridized carbons (Fsp3) is 0.632. The van der Waals surface area contributed by atoms with Crippen LogP contribution in [0.3, 0.4) is 0 Å². The summed E-state index contributed by atoms with van der Waals surface area (Å²) in [6, 6.07) is 3.61. The molecule has 7 heteroatoms. The Bertz CT molecular complexity index is 635. The van der Waals surface area contributed by atoms with Crippen LogP contribution in [0.1, 0.15) is 23.2 Å². The second-order valence-electron chi connectivity index (χ2n) is 7.44. The van der Waals surface area contributed by atoms with E-state index in [1.54, 1.807) is 0 Å². The summed E-state index contributed by atoms with van der Waals surface area (Å²) >= 11 is 0. The van der Waals surface area contributed by atoms with Crippen molar-refractivity contribution in [3.05, 3.63) is 35.4 Å². The van der Waals surface area contributed by atoms with Gasteiger partial charge >= 0.3 is 0 Å². The quantitative estimate of drug-likeness (QED) is 0.824. The molecule has 0 spiro atoms. The predicted octanol–water partition coefficient (Wildman–Crippen LogP) is 1.35. The molecule has 1 aromatic rings. The molecule has 26 heavy (non-hydrogen) atoms. The Hall–Kier alpha value is -1.57. The van der Waals surface area contributed by atoms with Crippen LogP contribution in [-0.4, -0.2) is 71.9 Å². The van der Waals surface area contributed by atoms with Crippen molar-refractivity contribution in [2.75, 3.05) is 45.9 Å². The zero-order valence-electron chi connectivity index (χ0n) is 14.8. The maximum Gasteiger partial charge on any atom is 0.256 e. The van der Waals surface area contributed by atoms with Gasteiger partial charge < -0.3 is 20.0 Å². The van der Waals surface area contributed by atoms with Crippen LogP contribution in [0.2, 0.25) is 0 Å². The molecule has 2 atom stereocenters. The van der Waals surface area contributed by atoms with Gasteiger partial charge in [-0.15, -0.1) is 0 Å². The predicted molar refractivity (Wildman–Crippen MR) is 92.6 cm³/mol. The van der Waals surface area contributed by atoms with Crippen molar-refractivity contribution in [3.8, 4) is 0 Å². The van der Waals surface area contributed by atoms with Gasteiger partial charge in [0.1, 0.15) is 0 Å². The summed E-state index contributed by atoms with van der Waals surface area (Å²) < 4.78 is 27.3. The van der Waals surface area contributed by atoms with Crippen molar-refractivity contribution in [3.63, 3.8) is 0 Å². The zero-order chi connectivity index (χ0) is 18.7. The molecule has 0 aromatic heterocycles. The normalized spacial score (nSPS) is 25.0. The molecule has 2 heterocycles. The number of benzene rings is 1. The summed E-state index contributed by atoms with van der Waals surface area (Å²) in [6.07, 6.45) is 1.90. The van der Waals surface area contributed by atoms with Crippen molar-refractivity contribution in [2.45, 2.75) is 12.8 Å². The van der Waals surface area contributed by atoms with Crippen LogP contribution in [0.4, 0.5) is 8.78 Å². The first-order valence-electron chi connectivity index (χ1n) is 9.20. The molecular weight excluding hydrogens is 342 g/mol. The lowest BCUT2D eigenvalue weighted by molar-refractivity contribution is 0.0770. The largest absolute Gasteiger partial charge is 0.396 e. The van der Waals surface area contributed by atoms with Crippen LogP contribution in [0.25, 0.3) is 0 Å². The fourth-order valence-electron chi connectivity index (χ4n) is 4.04. The number of amides is 1. The highest BCUT2D eigenvalue weighted by Gasteiger charge is 2.37. The third-order valence-electron chi connectivity index (χ3n) is 5.74. The topological polar surface area (TPSA) is 64.0 Å². The summed E-state index contributed by atoms with van der Waals surface area (Å²) in [4.78, 5) is 16.4. The molecular formula is C19H26F2N2O3. The summed E-state index contributed by atoms with van der Waals surface area (Å²) in [5, 5.41) is 18.9. The van der Waals surface area contributed by atoms with Gasteiger partial charge in [-0.25, -0.2) is 8.78 Å². The molecule has 0 bridgehead atoms. The molecule has 0 saturated carbocycles. The third kappa shape index (κ3) is 4.05. The van der Waals surface area contributed by atoms with E-state index in [4.69, 9.17) is 0 Å². The van der Waals surface area contributed by atoms with E-state index in [1.165, 1.54) is 17.0 Å². The van der Waals surface area contributed by atoms with E-state index in [1.807, 2.05) is 0 Å². The molecule has 144 valence electrons. The molecule has 2 saturated heterocycles. The lowest BCUT2D eigenvalue weighted by Crippen LogP contribution is -2.40. The molecule has 1 aromatic carbocycles. The van der Waals surface area contributed by atoms with E-state index in [0.717, 1.165) is 38.5 Å². The van der Waals surface area contributed by atoms with Gasteiger partial charge in [0.05, 0.1) is 5.56 Å². The van der Waals surface area contributed by atoms with Gasteiger partial charge in [-0.2, -0.15) is 0 Å². The number of nitrogens with zero attached hydrogens (tertiary/aromatic N) is 2. The van der Waals surface area contributed by atoms with E-state index in [-0.39, 0.29) is 30.6 Å². The first-order chi connectivity index (χ1) is 12.5. The monoisotopic (exact) mass is 368 g/mol. The molecule has 0 radical (unpaired) electrons. The average molecular weight is 368 g/mol. The number of hydrogen-bond donors (Lipinski definition) is 2. The third-order valence-corrected chi connectivity index (χ3v) is 5.74. The molecule has 2 aliphatic rings. The number of piperidine rings is 1. The van der Waals surface area contributed by atoms with Crippen molar-refractivity contribution >= 4 is 5.91 Å². The number of carbonyl (C=O) groups is 1. The standard InChI is InChI=1S/C19H26F2N2O3/c20-17-3-1-2-16(18(17)21)19(26)23-9-14(15(10-23)12-25)8-22-6-4-13(11-24)5-7-22/h1-3,13-15,24-25H,4-12H2/t14-,15-/m0/s1. The molecule has 0 aliphatic carbocycles. The summed E-state index contributed by atoms with van der Waals surface area (Å²) in [7, 11) is 0. The van der Waals surface area contributed by atoms with Gasteiger partial charge in [0, 0.05) is 38.8 Å². The first-order valence-corrected chi connectivity index (χ1v) is 9.20. The van der Waals surface area contributed by atoms with E-state index in [0.29, 0.717) is 19.0 Å². The summed E-state index contributed by atoms with van der Waals surface area (Å²) in [5.41, 5.74) is -0.258. The van der Waals surface area contributed by atoms with Crippen LogP contribution < -0.4 is 0 Å². The minimum atomic E-state index is -1.12. The Morgan fingerprint density at radius 2 is 1.77 bits per heavy atom. The number of aliphatic hydroxyl groups is 2. The number of hydrogen-bond acceptors (Lipinski definition) is 4. The van der Waals surface area contributed by atoms with E-state index >= 15 is 0 Å². The smallest absolute Gasteiger partial charge is 0.256 e. The Labute approximate surface area is 152 Å². The van der Waals surface area contributed by atoms with Gasteiger partial charge in [0.15, 0.2) is 11.6 Å². The van der Waals surface area contributed by atoms with E-state index < -0.39 is 17.5 Å². The highest BCUT2D eigenvalue weighted by atomic mass is 19.2. The number of rotatable bonds is 5. The van der Waals surface area contributed by atoms with Gasteiger partial charge in [0.2, 0.25) is 0 Å². The Balaban J connectivity index is 1.63. The second-order valence-corrected chi connectivity index (χ2v) is 7.44. The van der Waals surface area contributed by atoms with Crippen molar-refractivity contribution in [1.29, 1.82) is 0 Å². The number of halogens is 2. The fourth-order valence-corrected chi connectivity index (χ4v) is 4.04. The summed E-state index contributed by atoms with van der Waals surface area (Å²) in [5.74, 6) is -2.28. The molecule has 2 fully saturated rings. The number of carbonyl (C=O) groups excluding carboxylic acids is 1. The number of likely N-dealkylation sites (tertiary alicyclic amines) is 2. The highest BCUT2D eigenvalue weighted by Crippen LogP contribution is 2.28. The van der Waals surface area contributed by atoms with Gasteiger partial charge in [-0.05, 0) is 49.9 Å². The van der Waals surface area contributed by atoms with Gasteiger partial charge in [-0.1, -0.05) is 6.07 Å². The minimum Gasteiger partial charge on any atom is -0.396 e. The minimum absolute atomic E-state index is 0.0345. The Morgan fingerprint density at radius 1 is 1.08 bits per heavy atom. The summed E-state index contributed by atoms with van der Waals surface area (Å²) in [6.45, 7) is 3.52. The van der Waals surface area contributed by atoms with Crippen LogP contribution in [-0.2, 0) is 0 Å². The van der Waals surface area contributed by atoms with Crippen LogP contribution >= 0.6 is 0 Å². The highest BCUT2D eigenvalue weighted by molar-refractivity contribution is 5.94. The van der Waals surface area contributed by atoms with E-state index in [9.17, 15) is 23.8 Å². The van der Waals surface area contributed by atoms with Crippen LogP contribution in [0.15, 0.2) is 18.2 Å². The molecule has 2 N–H and O–H groups in total. The van der Waals surface area contributed by atoms with Gasteiger partial charge in [0.25, 0.3) is 5.91 Å². The van der Waals surface area contributed by atoms with Crippen molar-refractivity contribution in [1.82, 2.24) is 9.80 Å². The van der Waals surface area contributed by atoms with E-state index in [2.05, 4.69) is 4.90 Å². The lowest BCUT2D eigenvalue weighted by atomic mass is 9.93. The second kappa shape index (κ2) is 8.41. The molecule has 1 amide bonds. The van der Waals surface area contributed by atoms with Crippen molar-refractivity contribution in [2.24, 2.45) is 17.8 Å². The SMILES string of the molecule is O=C(c1cccc(F)c1F)N1C[C@@H](CO)[C@@H](CN2CCC(CO)CC2)C1. The molecule has 3 rings (SSSR count). The molecule has 0 unspecified atom stereocenters. The molecule has 5 nitrogen and oxygen atoms in total. The average Bonchev–Trinajstić information content (AvgIpc) is 3.07. The maximum atomic E-state index is 13.9. The molecule has 2 aliphatic heterocycles. The van der Waals surface area contributed by atoms with Crippen LogP contribution in [0.5, 0.6) is 0 Å². The van der Waals surface area contributed by atoms with Crippen LogP contribution in [0, 0.1) is 29.4 Å².